The molecule has 40 heavy (non-hydrogen) atoms. The van der Waals surface area contributed by atoms with Crippen molar-refractivity contribution in [3.8, 4) is 0 Å². The third-order valence-electron chi connectivity index (χ3n) is 8.90. The van der Waals surface area contributed by atoms with Crippen LogP contribution in [0.15, 0.2) is 0 Å². The summed E-state index contributed by atoms with van der Waals surface area (Å²) in [7, 11) is 0. The van der Waals surface area contributed by atoms with Gasteiger partial charge in [-0.1, -0.05) is 201 Å². The molecule has 0 fully saturated rings. The summed E-state index contributed by atoms with van der Waals surface area (Å²) in [6, 6.07) is 0. The average Bonchev–Trinajstić information content (AvgIpc) is 2.96. The lowest BCUT2D eigenvalue weighted by Crippen LogP contribution is -2.14. The van der Waals surface area contributed by atoms with Crippen LogP contribution in [0.5, 0.6) is 0 Å². The molecule has 0 saturated heterocycles. The predicted molar refractivity (Wildman–Crippen MR) is 179 cm³/mol. The van der Waals surface area contributed by atoms with Crippen LogP contribution in [0.2, 0.25) is 0 Å². The maximum atomic E-state index is 12.4. The van der Waals surface area contributed by atoms with Gasteiger partial charge in [-0.2, -0.15) is 0 Å². The fourth-order valence-corrected chi connectivity index (χ4v) is 6.01. The highest BCUT2D eigenvalue weighted by Gasteiger charge is 2.12. The molecule has 0 rings (SSSR count). The van der Waals surface area contributed by atoms with Crippen molar-refractivity contribution in [1.29, 1.82) is 0 Å². The molecule has 0 amide bonds. The molecule has 0 N–H and O–H groups in total. The van der Waals surface area contributed by atoms with E-state index < -0.39 is 0 Å². The molecule has 0 saturated carbocycles. The third-order valence-corrected chi connectivity index (χ3v) is 8.90. The van der Waals surface area contributed by atoms with E-state index in [2.05, 4.69) is 20.8 Å². The molecular formula is C38H76O2. The summed E-state index contributed by atoms with van der Waals surface area (Å²) in [5.74, 6) is 0.634. The zero-order chi connectivity index (χ0) is 29.2. The highest BCUT2D eigenvalue weighted by molar-refractivity contribution is 5.69. The normalized spacial score (nSPS) is 11.5. The first-order valence-corrected chi connectivity index (χ1v) is 18.9. The molecule has 0 spiro atoms. The molecule has 0 bridgehead atoms. The molecular weight excluding hydrogens is 488 g/mol. The third kappa shape index (κ3) is 32.0. The van der Waals surface area contributed by atoms with Crippen LogP contribution in [-0.2, 0) is 9.53 Å². The summed E-state index contributed by atoms with van der Waals surface area (Å²) in [4.78, 5) is 12.4. The van der Waals surface area contributed by atoms with Crippen LogP contribution in [0.3, 0.4) is 0 Å². The van der Waals surface area contributed by atoms with E-state index in [1.807, 2.05) is 0 Å². The van der Waals surface area contributed by atoms with Crippen LogP contribution in [0.4, 0.5) is 0 Å². The van der Waals surface area contributed by atoms with E-state index >= 15 is 0 Å². The van der Waals surface area contributed by atoms with Gasteiger partial charge in [0, 0.05) is 6.42 Å². The molecule has 0 aliphatic carbocycles. The first kappa shape index (κ1) is 39.5. The topological polar surface area (TPSA) is 26.3 Å². The number of ether oxygens (including phenoxy) is 1. The number of unbranched alkanes of at least 4 members (excludes halogenated alkanes) is 26. The minimum atomic E-state index is 0.0547. The highest BCUT2D eigenvalue weighted by atomic mass is 16.5. The fraction of sp³-hybridized carbons (Fsp3) is 0.974. The van der Waals surface area contributed by atoms with Crippen LogP contribution < -0.4 is 0 Å². The zero-order valence-corrected chi connectivity index (χ0v) is 28.2. The molecule has 2 heteroatoms. The number of carbonyl (C=O) groups excluding carboxylic acids is 1. The van der Waals surface area contributed by atoms with Gasteiger partial charge in [0.25, 0.3) is 0 Å². The van der Waals surface area contributed by atoms with E-state index in [1.54, 1.807) is 0 Å². The molecule has 0 aromatic rings. The maximum Gasteiger partial charge on any atom is 0.305 e. The van der Waals surface area contributed by atoms with Crippen LogP contribution in [0, 0.1) is 5.92 Å². The van der Waals surface area contributed by atoms with Crippen molar-refractivity contribution in [3.63, 3.8) is 0 Å². The highest BCUT2D eigenvalue weighted by Crippen LogP contribution is 2.21. The SMILES string of the molecule is CCCCCCCCCCCCC(CCCCCCCCCCCC)COC(=O)CCCCCCCCCCC. The summed E-state index contributed by atoms with van der Waals surface area (Å²) in [6.07, 6.45) is 42.6. The molecule has 0 aliphatic heterocycles. The summed E-state index contributed by atoms with van der Waals surface area (Å²) >= 11 is 0. The molecule has 0 unspecified atom stereocenters. The van der Waals surface area contributed by atoms with Crippen LogP contribution in [-0.4, -0.2) is 12.6 Å². The number of hydrogen-bond acceptors (Lipinski definition) is 2. The largest absolute Gasteiger partial charge is 0.465 e. The van der Waals surface area contributed by atoms with Crippen LogP contribution in [0.25, 0.3) is 0 Å². The second-order valence-corrected chi connectivity index (χ2v) is 13.1. The lowest BCUT2D eigenvalue weighted by Gasteiger charge is -2.17. The van der Waals surface area contributed by atoms with Gasteiger partial charge in [0.1, 0.15) is 0 Å². The first-order valence-electron chi connectivity index (χ1n) is 18.9. The van der Waals surface area contributed by atoms with Gasteiger partial charge in [-0.05, 0) is 25.2 Å². The van der Waals surface area contributed by atoms with Gasteiger partial charge >= 0.3 is 5.97 Å². The Hall–Kier alpha value is -0.530. The Morgan fingerprint density at radius 2 is 0.675 bits per heavy atom. The molecule has 0 atom stereocenters. The van der Waals surface area contributed by atoms with Crippen molar-refractivity contribution in [2.75, 3.05) is 6.61 Å². The van der Waals surface area contributed by atoms with E-state index in [9.17, 15) is 4.79 Å². The Morgan fingerprint density at radius 1 is 0.400 bits per heavy atom. The van der Waals surface area contributed by atoms with Crippen molar-refractivity contribution in [1.82, 2.24) is 0 Å². The summed E-state index contributed by atoms with van der Waals surface area (Å²) in [6.45, 7) is 7.54. The van der Waals surface area contributed by atoms with Gasteiger partial charge in [-0.25, -0.2) is 0 Å². The smallest absolute Gasteiger partial charge is 0.305 e. The predicted octanol–water partition coefficient (Wildman–Crippen LogP) is 13.7. The molecule has 0 aliphatic rings. The van der Waals surface area contributed by atoms with Gasteiger partial charge in [0.2, 0.25) is 0 Å². The summed E-state index contributed by atoms with van der Waals surface area (Å²) in [5.41, 5.74) is 0. The molecule has 0 aromatic heterocycles. The van der Waals surface area contributed by atoms with E-state index in [4.69, 9.17) is 4.74 Å². The van der Waals surface area contributed by atoms with Gasteiger partial charge in [-0.3, -0.25) is 4.79 Å². The lowest BCUT2D eigenvalue weighted by molar-refractivity contribution is -0.145. The Bertz CT molecular complexity index is 450. The minimum Gasteiger partial charge on any atom is -0.465 e. The van der Waals surface area contributed by atoms with Gasteiger partial charge in [-0.15, -0.1) is 0 Å². The van der Waals surface area contributed by atoms with E-state index in [-0.39, 0.29) is 5.97 Å². The van der Waals surface area contributed by atoms with Crippen molar-refractivity contribution in [2.24, 2.45) is 5.92 Å². The number of esters is 1. The van der Waals surface area contributed by atoms with Crippen LogP contribution >= 0.6 is 0 Å². The Morgan fingerprint density at radius 3 is 1.00 bits per heavy atom. The van der Waals surface area contributed by atoms with Crippen LogP contribution in [0.1, 0.15) is 226 Å². The fourth-order valence-electron chi connectivity index (χ4n) is 6.01. The van der Waals surface area contributed by atoms with E-state index in [1.165, 1.54) is 193 Å². The number of hydrogen-bond donors (Lipinski definition) is 0. The maximum absolute atomic E-state index is 12.4. The Balaban J connectivity index is 4.03. The van der Waals surface area contributed by atoms with E-state index in [0.29, 0.717) is 18.9 Å². The molecule has 0 heterocycles. The van der Waals surface area contributed by atoms with Gasteiger partial charge in [0.15, 0.2) is 0 Å². The van der Waals surface area contributed by atoms with Gasteiger partial charge < -0.3 is 4.74 Å². The second kappa shape index (κ2) is 34.7. The molecule has 0 radical (unpaired) electrons. The quantitative estimate of drug-likeness (QED) is 0.0574. The second-order valence-electron chi connectivity index (χ2n) is 13.1. The summed E-state index contributed by atoms with van der Waals surface area (Å²) in [5, 5.41) is 0. The Labute approximate surface area is 254 Å². The van der Waals surface area contributed by atoms with Crippen molar-refractivity contribution < 1.29 is 9.53 Å². The minimum absolute atomic E-state index is 0.0547. The molecule has 240 valence electrons. The Kier molecular flexibility index (Phi) is 34.2. The lowest BCUT2D eigenvalue weighted by atomic mass is 9.94. The molecule has 0 aromatic carbocycles. The number of rotatable bonds is 34. The summed E-state index contributed by atoms with van der Waals surface area (Å²) < 4.78 is 5.82. The number of carbonyl (C=O) groups is 1. The molecule has 2 nitrogen and oxygen atoms in total. The average molecular weight is 565 g/mol. The first-order chi connectivity index (χ1) is 19.7. The van der Waals surface area contributed by atoms with Crippen molar-refractivity contribution in [3.05, 3.63) is 0 Å². The van der Waals surface area contributed by atoms with E-state index in [0.717, 1.165) is 6.42 Å². The van der Waals surface area contributed by atoms with Crippen molar-refractivity contribution in [2.45, 2.75) is 226 Å². The van der Waals surface area contributed by atoms with Crippen molar-refractivity contribution >= 4 is 5.97 Å². The zero-order valence-electron chi connectivity index (χ0n) is 28.2. The monoisotopic (exact) mass is 565 g/mol. The van der Waals surface area contributed by atoms with Gasteiger partial charge in [0.05, 0.1) is 6.61 Å². The standard InChI is InChI=1S/C38H76O2/c1-4-7-10-13-16-19-22-24-27-30-33-37(34-31-28-25-23-20-17-14-11-8-5-2)36-40-38(39)35-32-29-26-21-18-15-12-9-6-3/h37H,4-36H2,1-3H3.